The molecule has 0 spiro atoms. The number of halogens is 1. The van der Waals surface area contributed by atoms with Gasteiger partial charge in [0.05, 0.1) is 29.7 Å². The summed E-state index contributed by atoms with van der Waals surface area (Å²) < 4.78 is 34.7. The van der Waals surface area contributed by atoms with Crippen molar-refractivity contribution in [3.63, 3.8) is 0 Å². The molecular formula is C20H26ClN3O6S2. The van der Waals surface area contributed by atoms with Crippen LogP contribution in [0, 0.1) is 0 Å². The van der Waals surface area contributed by atoms with Crippen LogP contribution in [0.25, 0.3) is 0 Å². The lowest BCUT2D eigenvalue weighted by Crippen LogP contribution is -2.38. The number of sulfone groups is 1. The molecule has 0 unspecified atom stereocenters. The lowest BCUT2D eigenvalue weighted by molar-refractivity contribution is -0.117. The van der Waals surface area contributed by atoms with Crippen LogP contribution in [0.1, 0.15) is 27.2 Å². The highest BCUT2D eigenvalue weighted by atomic mass is 35.5. The number of hydrogen-bond acceptors (Lipinski definition) is 7. The Bertz CT molecular complexity index is 1040. The van der Waals surface area contributed by atoms with Gasteiger partial charge in [0.2, 0.25) is 5.91 Å². The third kappa shape index (κ3) is 6.08. The third-order valence-corrected chi connectivity index (χ3v) is 8.21. The fraction of sp³-hybridized carbons (Fsp3) is 0.550. The fourth-order valence-corrected chi connectivity index (χ4v) is 7.60. The van der Waals surface area contributed by atoms with Crippen LogP contribution in [-0.4, -0.2) is 67.6 Å². The van der Waals surface area contributed by atoms with E-state index in [1.54, 1.807) is 43.9 Å². The minimum Gasteiger partial charge on any atom is -0.495 e. The number of amidine groups is 1. The number of rotatable bonds is 5. The molecule has 2 amide bonds. The first-order chi connectivity index (χ1) is 14.9. The number of fused-ring (bicyclic) bond motifs is 1. The van der Waals surface area contributed by atoms with E-state index < -0.39 is 27.4 Å². The van der Waals surface area contributed by atoms with Crippen LogP contribution in [0.15, 0.2) is 23.2 Å². The first-order valence-corrected chi connectivity index (χ1v) is 13.0. The number of nitrogens with one attached hydrogen (secondary N) is 1. The van der Waals surface area contributed by atoms with Gasteiger partial charge in [-0.3, -0.25) is 4.79 Å². The molecular weight excluding hydrogens is 478 g/mol. The van der Waals surface area contributed by atoms with Gasteiger partial charge in [-0.1, -0.05) is 23.4 Å². The summed E-state index contributed by atoms with van der Waals surface area (Å²) in [5, 5.41) is 3.08. The summed E-state index contributed by atoms with van der Waals surface area (Å²) >= 11 is 7.54. The number of nitrogens with zero attached hydrogens (tertiary/aromatic N) is 2. The van der Waals surface area contributed by atoms with Crippen LogP contribution in [0.5, 0.6) is 5.75 Å². The minimum absolute atomic E-state index is 0.0197. The van der Waals surface area contributed by atoms with Crippen molar-refractivity contribution in [3.05, 3.63) is 23.2 Å². The van der Waals surface area contributed by atoms with Crippen LogP contribution in [0.4, 0.5) is 10.5 Å². The summed E-state index contributed by atoms with van der Waals surface area (Å²) in [6.45, 7) is 5.32. The number of carbonyl (C=O) groups excluding carboxylic acids is 2. The number of ether oxygens (including phenoxy) is 2. The monoisotopic (exact) mass is 503 g/mol. The maximum atomic E-state index is 12.5. The zero-order valence-corrected chi connectivity index (χ0v) is 20.6. The van der Waals surface area contributed by atoms with E-state index in [1.807, 2.05) is 0 Å². The van der Waals surface area contributed by atoms with Crippen LogP contribution >= 0.6 is 23.4 Å². The highest BCUT2D eigenvalue weighted by Gasteiger charge is 2.49. The summed E-state index contributed by atoms with van der Waals surface area (Å²) in [5.74, 6) is 0.0503. The Morgan fingerprint density at radius 1 is 1.31 bits per heavy atom. The second kappa shape index (κ2) is 9.48. The van der Waals surface area contributed by atoms with Crippen molar-refractivity contribution in [1.29, 1.82) is 0 Å². The average Bonchev–Trinajstić information content (AvgIpc) is 3.10. The Kier molecular flexibility index (Phi) is 7.31. The van der Waals surface area contributed by atoms with Crippen LogP contribution in [0.3, 0.4) is 0 Å². The molecule has 0 aromatic heterocycles. The predicted octanol–water partition coefficient (Wildman–Crippen LogP) is 2.86. The van der Waals surface area contributed by atoms with Gasteiger partial charge in [0, 0.05) is 23.9 Å². The van der Waals surface area contributed by atoms with E-state index >= 15 is 0 Å². The van der Waals surface area contributed by atoms with Gasteiger partial charge in [-0.15, -0.1) is 0 Å². The first kappa shape index (κ1) is 24.7. The van der Waals surface area contributed by atoms with Crippen LogP contribution in [0.2, 0.25) is 5.02 Å². The van der Waals surface area contributed by atoms with Crippen LogP contribution < -0.4 is 15.0 Å². The molecule has 12 heteroatoms. The molecule has 2 aliphatic rings. The van der Waals surface area contributed by atoms with E-state index in [-0.39, 0.29) is 35.8 Å². The lowest BCUT2D eigenvalue weighted by atomic mass is 10.2. The zero-order chi connectivity index (χ0) is 23.7. The standard InChI is InChI=1S/C20H26ClN3O6S2/c1-20(2,3)30-19(26)22-8-7-17(25)23-18-24(12-5-6-15(29-4)13(21)9-12)14-10-32(27,28)11-16(14)31-18/h5-6,9,14,16H,7-8,10-11H2,1-4H3,(H,22,26)/t14-,16+/m1/s1. The Morgan fingerprint density at radius 3 is 2.66 bits per heavy atom. The van der Waals surface area contributed by atoms with Crippen molar-refractivity contribution in [3.8, 4) is 5.75 Å². The highest BCUT2D eigenvalue weighted by molar-refractivity contribution is 8.16. The predicted molar refractivity (Wildman–Crippen MR) is 126 cm³/mol. The van der Waals surface area contributed by atoms with E-state index in [1.165, 1.54) is 18.9 Å². The van der Waals surface area contributed by atoms with E-state index in [2.05, 4.69) is 10.3 Å². The maximum Gasteiger partial charge on any atom is 0.407 e. The molecule has 32 heavy (non-hydrogen) atoms. The number of benzene rings is 1. The SMILES string of the molecule is COc1ccc(N2C(=NC(=O)CCNC(=O)OC(C)(C)C)S[C@H]3CS(=O)(=O)C[C@H]32)cc1Cl. The molecule has 0 radical (unpaired) electrons. The van der Waals surface area contributed by atoms with Crippen molar-refractivity contribution in [2.24, 2.45) is 4.99 Å². The van der Waals surface area contributed by atoms with Gasteiger partial charge in [-0.25, -0.2) is 13.2 Å². The lowest BCUT2D eigenvalue weighted by Gasteiger charge is -2.25. The maximum absolute atomic E-state index is 12.5. The molecule has 0 saturated carbocycles. The van der Waals surface area contributed by atoms with Gasteiger partial charge in [0.25, 0.3) is 0 Å². The molecule has 2 heterocycles. The number of amides is 2. The number of methoxy groups -OCH3 is 1. The largest absolute Gasteiger partial charge is 0.495 e. The molecule has 2 atom stereocenters. The number of anilines is 1. The number of alkyl carbamates (subject to hydrolysis) is 1. The molecule has 176 valence electrons. The Balaban J connectivity index is 1.75. The summed E-state index contributed by atoms with van der Waals surface area (Å²) in [5.41, 5.74) is -0.00102. The second-order valence-corrected chi connectivity index (χ2v) is 12.2. The molecule has 2 aliphatic heterocycles. The highest BCUT2D eigenvalue weighted by Crippen LogP contribution is 2.42. The van der Waals surface area contributed by atoms with Gasteiger partial charge in [-0.2, -0.15) is 4.99 Å². The van der Waals surface area contributed by atoms with Crippen LogP contribution in [-0.2, 0) is 19.4 Å². The summed E-state index contributed by atoms with van der Waals surface area (Å²) in [4.78, 5) is 30.2. The van der Waals surface area contributed by atoms with Crippen molar-refractivity contribution >= 4 is 56.1 Å². The van der Waals surface area contributed by atoms with Gasteiger partial charge in [-0.05, 0) is 39.0 Å². The van der Waals surface area contributed by atoms with Crippen molar-refractivity contribution < 1.29 is 27.5 Å². The summed E-state index contributed by atoms with van der Waals surface area (Å²) in [6.07, 6.45) is -0.629. The second-order valence-electron chi connectivity index (χ2n) is 8.46. The number of aliphatic imine (C=N–C) groups is 1. The molecule has 0 aliphatic carbocycles. The topological polar surface area (TPSA) is 114 Å². The van der Waals surface area contributed by atoms with Crippen molar-refractivity contribution in [2.45, 2.75) is 44.1 Å². The van der Waals surface area contributed by atoms with E-state index in [4.69, 9.17) is 21.1 Å². The summed E-state index contributed by atoms with van der Waals surface area (Å²) in [6, 6.07) is 4.76. The number of hydrogen-bond donors (Lipinski definition) is 1. The normalized spacial score (nSPS) is 23.2. The zero-order valence-electron chi connectivity index (χ0n) is 18.3. The molecule has 1 aromatic rings. The molecule has 2 fully saturated rings. The quantitative estimate of drug-likeness (QED) is 0.652. The molecule has 9 nitrogen and oxygen atoms in total. The smallest absolute Gasteiger partial charge is 0.407 e. The minimum atomic E-state index is -3.18. The summed E-state index contributed by atoms with van der Waals surface area (Å²) in [7, 11) is -1.68. The van der Waals surface area contributed by atoms with E-state index in [9.17, 15) is 18.0 Å². The molecule has 1 N–H and O–H groups in total. The molecule has 2 saturated heterocycles. The van der Waals surface area contributed by atoms with Gasteiger partial charge in [0.1, 0.15) is 11.4 Å². The van der Waals surface area contributed by atoms with Crippen molar-refractivity contribution in [2.75, 3.05) is 30.1 Å². The van der Waals surface area contributed by atoms with Gasteiger partial charge >= 0.3 is 6.09 Å². The van der Waals surface area contributed by atoms with Gasteiger partial charge < -0.3 is 19.7 Å². The van der Waals surface area contributed by atoms with E-state index in [0.717, 1.165) is 0 Å². The Morgan fingerprint density at radius 2 is 2.03 bits per heavy atom. The average molecular weight is 504 g/mol. The number of carbonyl (C=O) groups is 2. The fourth-order valence-electron chi connectivity index (χ4n) is 3.42. The van der Waals surface area contributed by atoms with Crippen molar-refractivity contribution in [1.82, 2.24) is 5.32 Å². The third-order valence-electron chi connectivity index (χ3n) is 4.71. The molecule has 3 rings (SSSR count). The Hall–Kier alpha value is -1.98. The van der Waals surface area contributed by atoms with Gasteiger partial charge in [0.15, 0.2) is 15.0 Å². The Labute approximate surface area is 196 Å². The number of thioether (sulfide) groups is 1. The molecule has 0 bridgehead atoms. The first-order valence-electron chi connectivity index (χ1n) is 9.97. The molecule has 1 aromatic carbocycles. The van der Waals surface area contributed by atoms with E-state index in [0.29, 0.717) is 21.6 Å².